The predicted octanol–water partition coefficient (Wildman–Crippen LogP) is 3.55. The van der Waals surface area contributed by atoms with Crippen molar-refractivity contribution in [3.05, 3.63) is 60.3 Å². The number of H-pyrrole nitrogens is 1. The zero-order valence-corrected chi connectivity index (χ0v) is 15.0. The van der Waals surface area contributed by atoms with Crippen molar-refractivity contribution >= 4 is 22.4 Å². The van der Waals surface area contributed by atoms with Gasteiger partial charge in [-0.3, -0.25) is 9.89 Å². The maximum absolute atomic E-state index is 12.8. The highest BCUT2D eigenvalue weighted by molar-refractivity contribution is 5.86. The monoisotopic (exact) mass is 403 g/mol. The third-order valence-electron chi connectivity index (χ3n) is 4.55. The predicted molar refractivity (Wildman–Crippen MR) is 99.5 cm³/mol. The van der Waals surface area contributed by atoms with E-state index in [1.165, 1.54) is 0 Å². The number of benzene rings is 2. The number of fused-ring (bicyclic) bond motifs is 2. The number of nitrogens with zero attached hydrogens (tertiary/aromatic N) is 1. The number of halogens is 3. The Morgan fingerprint density at radius 1 is 1.24 bits per heavy atom. The van der Waals surface area contributed by atoms with Crippen molar-refractivity contribution in [2.24, 2.45) is 0 Å². The van der Waals surface area contributed by atoms with E-state index in [9.17, 15) is 18.0 Å². The van der Waals surface area contributed by atoms with E-state index in [-0.39, 0.29) is 24.7 Å². The highest BCUT2D eigenvalue weighted by Gasteiger charge is 2.34. The molecule has 0 aliphatic carbocycles. The molecule has 1 amide bonds. The third-order valence-corrected chi connectivity index (χ3v) is 4.55. The van der Waals surface area contributed by atoms with Crippen molar-refractivity contribution in [2.75, 3.05) is 13.2 Å². The summed E-state index contributed by atoms with van der Waals surface area (Å²) in [5, 5.41) is 10.5. The summed E-state index contributed by atoms with van der Waals surface area (Å²) in [4.78, 5) is 12.4. The first-order chi connectivity index (χ1) is 13.8. The molecule has 1 unspecified atom stereocenters. The van der Waals surface area contributed by atoms with Crippen LogP contribution in [0, 0.1) is 0 Å². The summed E-state index contributed by atoms with van der Waals surface area (Å²) in [6.07, 6.45) is -3.75. The van der Waals surface area contributed by atoms with Crippen LogP contribution in [0.15, 0.2) is 49.2 Å². The molecule has 4 rings (SSSR count). The molecule has 2 N–H and O–H groups in total. The minimum atomic E-state index is -4.48. The van der Waals surface area contributed by atoms with Gasteiger partial charge in [-0.25, -0.2) is 0 Å². The molecular weight excluding hydrogens is 387 g/mol. The van der Waals surface area contributed by atoms with Gasteiger partial charge in [0.1, 0.15) is 6.61 Å². The Balaban J connectivity index is 1.37. The summed E-state index contributed by atoms with van der Waals surface area (Å²) >= 11 is 0. The lowest BCUT2D eigenvalue weighted by Gasteiger charge is -2.26. The van der Waals surface area contributed by atoms with E-state index < -0.39 is 23.8 Å². The molecule has 0 spiro atoms. The van der Waals surface area contributed by atoms with Crippen LogP contribution in [0.25, 0.3) is 16.5 Å². The second kappa shape index (κ2) is 7.16. The van der Waals surface area contributed by atoms with Crippen LogP contribution in [-0.2, 0) is 11.0 Å². The zero-order chi connectivity index (χ0) is 20.6. The molecule has 2 aromatic carbocycles. The number of aromatic amines is 1. The number of hydrogen-bond donors (Lipinski definition) is 2. The van der Waals surface area contributed by atoms with E-state index in [0.717, 1.165) is 34.7 Å². The second-order valence-corrected chi connectivity index (χ2v) is 6.57. The molecule has 1 aliphatic heterocycles. The minimum Gasteiger partial charge on any atom is -0.485 e. The molecule has 29 heavy (non-hydrogen) atoms. The normalized spacial score (nSPS) is 15.9. The minimum absolute atomic E-state index is 0.0401. The van der Waals surface area contributed by atoms with Gasteiger partial charge in [0.05, 0.1) is 17.3 Å². The van der Waals surface area contributed by atoms with Gasteiger partial charge in [-0.15, -0.1) is 0 Å². The average molecular weight is 403 g/mol. The average Bonchev–Trinajstić information content (AvgIpc) is 3.18. The van der Waals surface area contributed by atoms with E-state index in [1.807, 2.05) is 18.2 Å². The van der Waals surface area contributed by atoms with Gasteiger partial charge in [0.25, 0.3) is 5.91 Å². The summed E-state index contributed by atoms with van der Waals surface area (Å²) in [7, 11) is 0. The molecule has 1 atom stereocenters. The SMILES string of the molecule is C=C(CNC(=O)C1COc2cc(C(F)(F)F)ccc2O1)c1ccc2[nH]ncc2c1. The van der Waals surface area contributed by atoms with Crippen LogP contribution in [0.4, 0.5) is 13.2 Å². The Morgan fingerprint density at radius 3 is 2.86 bits per heavy atom. The van der Waals surface area contributed by atoms with Gasteiger partial charge in [0.2, 0.25) is 6.10 Å². The number of carbonyl (C=O) groups is 1. The van der Waals surface area contributed by atoms with Gasteiger partial charge >= 0.3 is 6.18 Å². The number of ether oxygens (including phenoxy) is 2. The first kappa shape index (κ1) is 18.9. The van der Waals surface area contributed by atoms with Gasteiger partial charge in [-0.1, -0.05) is 12.6 Å². The quantitative estimate of drug-likeness (QED) is 0.699. The molecule has 2 heterocycles. The molecule has 150 valence electrons. The molecule has 9 heteroatoms. The van der Waals surface area contributed by atoms with Crippen LogP contribution >= 0.6 is 0 Å². The topological polar surface area (TPSA) is 76.2 Å². The summed E-state index contributed by atoms with van der Waals surface area (Å²) in [6, 6.07) is 8.53. The first-order valence-corrected chi connectivity index (χ1v) is 8.71. The van der Waals surface area contributed by atoms with E-state index in [2.05, 4.69) is 22.1 Å². The lowest BCUT2D eigenvalue weighted by molar-refractivity contribution is -0.138. The highest BCUT2D eigenvalue weighted by Crippen LogP contribution is 2.38. The Hall–Kier alpha value is -3.49. The van der Waals surface area contributed by atoms with E-state index in [0.29, 0.717) is 5.57 Å². The Labute approximate surface area is 163 Å². The van der Waals surface area contributed by atoms with Crippen molar-refractivity contribution in [1.82, 2.24) is 15.5 Å². The maximum Gasteiger partial charge on any atom is 0.416 e. The molecule has 0 saturated heterocycles. The van der Waals surface area contributed by atoms with Crippen molar-refractivity contribution in [2.45, 2.75) is 12.3 Å². The molecule has 6 nitrogen and oxygen atoms in total. The van der Waals surface area contributed by atoms with Gasteiger partial charge in [0, 0.05) is 11.9 Å². The van der Waals surface area contributed by atoms with Crippen LogP contribution in [0.3, 0.4) is 0 Å². The van der Waals surface area contributed by atoms with Gasteiger partial charge < -0.3 is 14.8 Å². The van der Waals surface area contributed by atoms with Gasteiger partial charge in [-0.05, 0) is 41.5 Å². The lowest BCUT2D eigenvalue weighted by atomic mass is 10.1. The summed E-state index contributed by atoms with van der Waals surface area (Å²) in [6.45, 7) is 3.97. The number of nitrogens with one attached hydrogen (secondary N) is 2. The number of aromatic nitrogens is 2. The van der Waals surface area contributed by atoms with Crippen molar-refractivity contribution in [3.63, 3.8) is 0 Å². The fraction of sp³-hybridized carbons (Fsp3) is 0.200. The number of amides is 1. The molecule has 3 aromatic rings. The van der Waals surface area contributed by atoms with Crippen LogP contribution in [0.2, 0.25) is 0 Å². The lowest BCUT2D eigenvalue weighted by Crippen LogP contribution is -2.44. The van der Waals surface area contributed by atoms with Crippen LogP contribution in [0.5, 0.6) is 11.5 Å². The first-order valence-electron chi connectivity index (χ1n) is 8.71. The van der Waals surface area contributed by atoms with Gasteiger partial charge in [0.15, 0.2) is 11.5 Å². The number of rotatable bonds is 4. The Bertz CT molecular complexity index is 1090. The third kappa shape index (κ3) is 3.89. The van der Waals surface area contributed by atoms with Crippen LogP contribution < -0.4 is 14.8 Å². The highest BCUT2D eigenvalue weighted by atomic mass is 19.4. The second-order valence-electron chi connectivity index (χ2n) is 6.57. The fourth-order valence-corrected chi connectivity index (χ4v) is 2.95. The fourth-order valence-electron chi connectivity index (χ4n) is 2.95. The van der Waals surface area contributed by atoms with E-state index >= 15 is 0 Å². The molecular formula is C20H16F3N3O3. The van der Waals surface area contributed by atoms with Gasteiger partial charge in [-0.2, -0.15) is 18.3 Å². The zero-order valence-electron chi connectivity index (χ0n) is 15.0. The molecule has 0 radical (unpaired) electrons. The maximum atomic E-state index is 12.8. The number of alkyl halides is 3. The standard InChI is InChI=1S/C20H16F3N3O3/c1-11(12-2-4-15-13(6-12)9-25-26-15)8-24-19(27)18-10-28-17-7-14(20(21,22)23)3-5-16(17)29-18/h2-7,9,18H,1,8,10H2,(H,24,27)(H,25,26). The van der Waals surface area contributed by atoms with Crippen molar-refractivity contribution in [1.29, 1.82) is 0 Å². The largest absolute Gasteiger partial charge is 0.485 e. The number of hydrogen-bond acceptors (Lipinski definition) is 4. The van der Waals surface area contributed by atoms with Crippen molar-refractivity contribution < 1.29 is 27.4 Å². The number of carbonyl (C=O) groups excluding carboxylic acids is 1. The van der Waals surface area contributed by atoms with Crippen LogP contribution in [0.1, 0.15) is 11.1 Å². The smallest absolute Gasteiger partial charge is 0.416 e. The van der Waals surface area contributed by atoms with E-state index in [4.69, 9.17) is 9.47 Å². The van der Waals surface area contributed by atoms with Crippen molar-refractivity contribution in [3.8, 4) is 11.5 Å². The summed E-state index contributed by atoms with van der Waals surface area (Å²) < 4.78 is 49.1. The molecule has 0 saturated carbocycles. The molecule has 1 aliphatic rings. The molecule has 0 bridgehead atoms. The van der Waals surface area contributed by atoms with Crippen LogP contribution in [-0.4, -0.2) is 35.4 Å². The Morgan fingerprint density at radius 2 is 2.07 bits per heavy atom. The summed E-state index contributed by atoms with van der Waals surface area (Å²) in [5.74, 6) is -0.392. The summed E-state index contributed by atoms with van der Waals surface area (Å²) in [5.41, 5.74) is 1.60. The van der Waals surface area contributed by atoms with E-state index in [1.54, 1.807) is 6.20 Å². The molecule has 0 fully saturated rings. The Kier molecular flexibility index (Phi) is 4.65. The molecule has 1 aromatic heterocycles.